The van der Waals surface area contributed by atoms with Crippen molar-refractivity contribution in [3.63, 3.8) is 0 Å². The van der Waals surface area contributed by atoms with Crippen molar-refractivity contribution in [3.05, 3.63) is 29.8 Å². The Labute approximate surface area is 99.3 Å². The first-order valence-corrected chi connectivity index (χ1v) is 5.47. The topological polar surface area (TPSA) is 56.7 Å². The van der Waals surface area contributed by atoms with Gasteiger partial charge in [-0.1, -0.05) is 0 Å². The molecule has 0 aliphatic carbocycles. The smallest absolute Gasteiger partial charge is 0.167 e. The van der Waals surface area contributed by atoms with Crippen LogP contribution in [0.1, 0.15) is 25.7 Å². The summed E-state index contributed by atoms with van der Waals surface area (Å²) in [7, 11) is 0. The van der Waals surface area contributed by atoms with Gasteiger partial charge < -0.3 is 10.3 Å². The highest BCUT2D eigenvalue weighted by molar-refractivity contribution is 5.62. The van der Waals surface area contributed by atoms with Crippen LogP contribution in [-0.4, -0.2) is 14.8 Å². The summed E-state index contributed by atoms with van der Waals surface area (Å²) in [5.41, 5.74) is 6.57. The molecule has 0 amide bonds. The van der Waals surface area contributed by atoms with Crippen molar-refractivity contribution in [1.29, 1.82) is 0 Å². The molecule has 1 aromatic carbocycles. The second kappa shape index (κ2) is 4.16. The van der Waals surface area contributed by atoms with Crippen LogP contribution in [0.25, 0.3) is 11.4 Å². The number of nitrogen functional groups attached to an aromatic ring is 1. The average Bonchev–Trinajstić information content (AvgIpc) is 2.64. The molecule has 0 aliphatic heterocycles. The number of halogens is 1. The molecule has 17 heavy (non-hydrogen) atoms. The molecule has 0 spiro atoms. The maximum absolute atomic E-state index is 13.8. The quantitative estimate of drug-likeness (QED) is 0.812. The number of benzene rings is 1. The number of aryl methyl sites for hydroxylation is 1. The van der Waals surface area contributed by atoms with Crippen molar-refractivity contribution in [3.8, 4) is 11.4 Å². The molecule has 0 saturated carbocycles. The van der Waals surface area contributed by atoms with Gasteiger partial charge in [-0.2, -0.15) is 0 Å². The van der Waals surface area contributed by atoms with E-state index in [0.29, 0.717) is 17.1 Å². The van der Waals surface area contributed by atoms with Crippen LogP contribution in [-0.2, 0) is 0 Å². The Morgan fingerprint density at radius 1 is 1.29 bits per heavy atom. The molecule has 0 bridgehead atoms. The van der Waals surface area contributed by atoms with Crippen LogP contribution in [0.5, 0.6) is 0 Å². The maximum atomic E-state index is 13.8. The minimum atomic E-state index is -0.339. The van der Waals surface area contributed by atoms with Crippen LogP contribution in [0.4, 0.5) is 10.1 Å². The van der Waals surface area contributed by atoms with Crippen LogP contribution in [0.15, 0.2) is 18.2 Å². The van der Waals surface area contributed by atoms with Crippen molar-refractivity contribution in [2.45, 2.75) is 26.8 Å². The molecular weight excluding hydrogens is 219 g/mol. The zero-order valence-corrected chi connectivity index (χ0v) is 10.1. The first kappa shape index (κ1) is 11.6. The minimum Gasteiger partial charge on any atom is -0.399 e. The third kappa shape index (κ3) is 2.00. The third-order valence-electron chi connectivity index (χ3n) is 2.61. The zero-order chi connectivity index (χ0) is 12.6. The first-order valence-electron chi connectivity index (χ1n) is 5.47. The molecule has 1 heterocycles. The van der Waals surface area contributed by atoms with Gasteiger partial charge in [-0.05, 0) is 39.0 Å². The lowest BCUT2D eigenvalue weighted by molar-refractivity contribution is 0.581. The molecule has 4 nitrogen and oxygen atoms in total. The Hall–Kier alpha value is -1.91. The fraction of sp³-hybridized carbons (Fsp3) is 0.333. The van der Waals surface area contributed by atoms with E-state index < -0.39 is 0 Å². The van der Waals surface area contributed by atoms with Gasteiger partial charge in [-0.25, -0.2) is 4.39 Å². The van der Waals surface area contributed by atoms with E-state index in [4.69, 9.17) is 5.73 Å². The van der Waals surface area contributed by atoms with Crippen molar-refractivity contribution < 1.29 is 4.39 Å². The van der Waals surface area contributed by atoms with Crippen molar-refractivity contribution >= 4 is 5.69 Å². The van der Waals surface area contributed by atoms with E-state index in [2.05, 4.69) is 10.2 Å². The molecule has 2 rings (SSSR count). The van der Waals surface area contributed by atoms with Crippen molar-refractivity contribution in [2.24, 2.45) is 0 Å². The Morgan fingerprint density at radius 2 is 2.00 bits per heavy atom. The molecule has 0 radical (unpaired) electrons. The van der Waals surface area contributed by atoms with Crippen LogP contribution in [0.2, 0.25) is 0 Å². The van der Waals surface area contributed by atoms with Gasteiger partial charge >= 0.3 is 0 Å². The highest BCUT2D eigenvalue weighted by Gasteiger charge is 2.16. The van der Waals surface area contributed by atoms with E-state index in [1.165, 1.54) is 12.1 Å². The Bertz CT molecular complexity index is 545. The molecular formula is C12H15FN4. The van der Waals surface area contributed by atoms with Gasteiger partial charge in [0.15, 0.2) is 5.82 Å². The largest absolute Gasteiger partial charge is 0.399 e. The number of rotatable bonds is 2. The summed E-state index contributed by atoms with van der Waals surface area (Å²) in [6, 6.07) is 4.62. The normalized spacial score (nSPS) is 11.1. The zero-order valence-electron chi connectivity index (χ0n) is 10.1. The molecule has 2 aromatic rings. The number of hydrogen-bond acceptors (Lipinski definition) is 3. The summed E-state index contributed by atoms with van der Waals surface area (Å²) >= 11 is 0. The molecule has 0 unspecified atom stereocenters. The first-order chi connectivity index (χ1) is 8.00. The van der Waals surface area contributed by atoms with E-state index in [9.17, 15) is 4.39 Å². The van der Waals surface area contributed by atoms with Crippen LogP contribution < -0.4 is 5.73 Å². The highest BCUT2D eigenvalue weighted by Crippen LogP contribution is 2.26. The molecule has 5 heteroatoms. The molecule has 1 aromatic heterocycles. The lowest BCUT2D eigenvalue weighted by atomic mass is 10.1. The third-order valence-corrected chi connectivity index (χ3v) is 2.61. The predicted molar refractivity (Wildman–Crippen MR) is 65.0 cm³/mol. The van der Waals surface area contributed by atoms with E-state index in [1.807, 2.05) is 25.3 Å². The summed E-state index contributed by atoms with van der Waals surface area (Å²) in [5.74, 6) is 0.938. The molecule has 0 saturated heterocycles. The average molecular weight is 234 g/mol. The van der Waals surface area contributed by atoms with Crippen LogP contribution in [0, 0.1) is 12.7 Å². The molecule has 90 valence electrons. The van der Waals surface area contributed by atoms with E-state index >= 15 is 0 Å². The SMILES string of the molecule is Cc1nnc(-c2cc(N)ccc2F)n1C(C)C. The highest BCUT2D eigenvalue weighted by atomic mass is 19.1. The van der Waals surface area contributed by atoms with Crippen molar-refractivity contribution in [1.82, 2.24) is 14.8 Å². The summed E-state index contributed by atoms with van der Waals surface area (Å²) in [6.07, 6.45) is 0. The Morgan fingerprint density at radius 3 is 2.65 bits per heavy atom. The second-order valence-electron chi connectivity index (χ2n) is 4.27. The van der Waals surface area contributed by atoms with E-state index in [0.717, 1.165) is 5.82 Å². The number of anilines is 1. The molecule has 0 atom stereocenters. The summed E-state index contributed by atoms with van der Waals surface area (Å²) in [4.78, 5) is 0. The summed E-state index contributed by atoms with van der Waals surface area (Å²) in [5, 5.41) is 8.02. The van der Waals surface area contributed by atoms with Gasteiger partial charge in [0, 0.05) is 11.7 Å². The maximum Gasteiger partial charge on any atom is 0.167 e. The summed E-state index contributed by atoms with van der Waals surface area (Å²) < 4.78 is 15.7. The van der Waals surface area contributed by atoms with Gasteiger partial charge in [-0.3, -0.25) is 0 Å². The number of nitrogens with two attached hydrogens (primary N) is 1. The number of aromatic nitrogens is 3. The standard InChI is InChI=1S/C12H15FN4/c1-7(2)17-8(3)15-16-12(17)10-6-9(14)4-5-11(10)13/h4-7H,14H2,1-3H3. The fourth-order valence-electron chi connectivity index (χ4n) is 1.89. The Kier molecular flexibility index (Phi) is 2.83. The van der Waals surface area contributed by atoms with Gasteiger partial charge in [0.2, 0.25) is 0 Å². The van der Waals surface area contributed by atoms with Crippen molar-refractivity contribution in [2.75, 3.05) is 5.73 Å². The molecule has 0 aliphatic rings. The minimum absolute atomic E-state index is 0.167. The number of nitrogens with zero attached hydrogens (tertiary/aromatic N) is 3. The van der Waals surface area contributed by atoms with E-state index in [-0.39, 0.29) is 11.9 Å². The summed E-state index contributed by atoms with van der Waals surface area (Å²) in [6.45, 7) is 5.86. The fourth-order valence-corrected chi connectivity index (χ4v) is 1.89. The van der Waals surface area contributed by atoms with Crippen LogP contribution >= 0.6 is 0 Å². The predicted octanol–water partition coefficient (Wildman–Crippen LogP) is 2.56. The molecule has 2 N–H and O–H groups in total. The monoisotopic (exact) mass is 234 g/mol. The van der Waals surface area contributed by atoms with Gasteiger partial charge in [-0.15, -0.1) is 10.2 Å². The van der Waals surface area contributed by atoms with Gasteiger partial charge in [0.25, 0.3) is 0 Å². The lowest BCUT2D eigenvalue weighted by Crippen LogP contribution is -2.06. The molecule has 0 fully saturated rings. The lowest BCUT2D eigenvalue weighted by Gasteiger charge is -2.13. The Balaban J connectivity index is 2.64. The van der Waals surface area contributed by atoms with Crippen LogP contribution in [0.3, 0.4) is 0 Å². The van der Waals surface area contributed by atoms with E-state index in [1.54, 1.807) is 6.07 Å². The second-order valence-corrected chi connectivity index (χ2v) is 4.27. The number of hydrogen-bond donors (Lipinski definition) is 1. The van der Waals surface area contributed by atoms with Gasteiger partial charge in [0.05, 0.1) is 5.56 Å². The van der Waals surface area contributed by atoms with Gasteiger partial charge in [0.1, 0.15) is 11.6 Å².